The molecule has 1 fully saturated rings. The minimum absolute atomic E-state index is 0.0856. The smallest absolute Gasteiger partial charge is 0.419 e. The molecule has 1 N–H and O–H groups in total. The monoisotopic (exact) mass is 530 g/mol. The van der Waals surface area contributed by atoms with Crippen molar-refractivity contribution in [3.05, 3.63) is 78.1 Å². The van der Waals surface area contributed by atoms with E-state index in [1.54, 1.807) is 48.5 Å². The molecule has 1 aliphatic heterocycles. The number of rotatable bonds is 6. The molecule has 4 aromatic rings. The lowest BCUT2D eigenvalue weighted by Crippen LogP contribution is -2.45. The molecular formula is C25H21F3N4O4S. The fourth-order valence-electron chi connectivity index (χ4n) is 4.24. The molecule has 5 rings (SSSR count). The largest absolute Gasteiger partial charge is 0.443 e. The number of sulfonamides is 1. The van der Waals surface area contributed by atoms with Crippen LogP contribution in [0.5, 0.6) is 0 Å². The van der Waals surface area contributed by atoms with Crippen LogP contribution in [0, 0.1) is 0 Å². The Balaban J connectivity index is 1.28. The molecule has 1 amide bonds. The lowest BCUT2D eigenvalue weighted by atomic mass is 10.1. The number of aromatic nitrogens is 2. The summed E-state index contributed by atoms with van der Waals surface area (Å²) < 4.78 is 71.5. The van der Waals surface area contributed by atoms with Crippen LogP contribution in [0.3, 0.4) is 0 Å². The van der Waals surface area contributed by atoms with Gasteiger partial charge in [-0.3, -0.25) is 4.79 Å². The number of hydrogen-bond donors (Lipinski definition) is 1. The van der Waals surface area contributed by atoms with Gasteiger partial charge in [-0.25, -0.2) is 18.4 Å². The van der Waals surface area contributed by atoms with Crippen LogP contribution in [0.2, 0.25) is 0 Å². The molecule has 1 unspecified atom stereocenters. The highest BCUT2D eigenvalue weighted by Crippen LogP contribution is 2.31. The maximum atomic E-state index is 13.2. The van der Waals surface area contributed by atoms with Gasteiger partial charge in [-0.15, -0.1) is 0 Å². The van der Waals surface area contributed by atoms with Crippen molar-refractivity contribution in [1.29, 1.82) is 0 Å². The highest BCUT2D eigenvalue weighted by Gasteiger charge is 2.41. The van der Waals surface area contributed by atoms with Gasteiger partial charge in [-0.05, 0) is 30.5 Å². The predicted octanol–water partition coefficient (Wildman–Crippen LogP) is 4.38. The first-order chi connectivity index (χ1) is 17.6. The lowest BCUT2D eigenvalue weighted by Gasteiger charge is -2.22. The Labute approximate surface area is 210 Å². The van der Waals surface area contributed by atoms with Crippen LogP contribution >= 0.6 is 0 Å². The molecule has 0 spiro atoms. The summed E-state index contributed by atoms with van der Waals surface area (Å²) in [5.74, 6) is -0.339. The highest BCUT2D eigenvalue weighted by molar-refractivity contribution is 7.89. The molecular weight excluding hydrogens is 509 g/mol. The molecule has 0 radical (unpaired) electrons. The predicted molar refractivity (Wildman–Crippen MR) is 127 cm³/mol. The van der Waals surface area contributed by atoms with E-state index >= 15 is 0 Å². The first-order valence-corrected chi connectivity index (χ1v) is 12.8. The fourth-order valence-corrected chi connectivity index (χ4v) is 5.85. The molecule has 0 bridgehead atoms. The van der Waals surface area contributed by atoms with Gasteiger partial charge in [0, 0.05) is 42.5 Å². The van der Waals surface area contributed by atoms with E-state index in [1.165, 1.54) is 6.07 Å². The van der Waals surface area contributed by atoms with Crippen molar-refractivity contribution in [2.75, 3.05) is 6.54 Å². The molecule has 12 heteroatoms. The summed E-state index contributed by atoms with van der Waals surface area (Å²) in [6.45, 7) is 0.278. The Morgan fingerprint density at radius 2 is 1.84 bits per heavy atom. The first-order valence-electron chi connectivity index (χ1n) is 11.4. The number of furan rings is 1. The van der Waals surface area contributed by atoms with E-state index in [1.807, 2.05) is 0 Å². The number of carbonyl (C=O) groups is 1. The number of fused-ring (bicyclic) bond motifs is 1. The van der Waals surface area contributed by atoms with Gasteiger partial charge in [-0.1, -0.05) is 36.4 Å². The van der Waals surface area contributed by atoms with Gasteiger partial charge < -0.3 is 9.73 Å². The van der Waals surface area contributed by atoms with E-state index in [0.29, 0.717) is 47.3 Å². The van der Waals surface area contributed by atoms with Crippen molar-refractivity contribution >= 4 is 26.9 Å². The van der Waals surface area contributed by atoms with Crippen molar-refractivity contribution in [1.82, 2.24) is 19.6 Å². The van der Waals surface area contributed by atoms with Crippen molar-refractivity contribution < 1.29 is 30.8 Å². The van der Waals surface area contributed by atoms with Crippen molar-refractivity contribution in [2.24, 2.45) is 0 Å². The number of nitrogens with zero attached hydrogens (tertiary/aromatic N) is 3. The maximum Gasteiger partial charge on any atom is 0.419 e. The SMILES string of the molecule is O=C(NCc1cccc(-c2ncc(C(F)(F)F)cn2)c1)C1CCCN1S(=O)(=O)c1cc2ccccc2o1. The topological polar surface area (TPSA) is 105 Å². The Morgan fingerprint density at radius 3 is 2.57 bits per heavy atom. The summed E-state index contributed by atoms with van der Waals surface area (Å²) in [6.07, 6.45) is -2.21. The zero-order valence-electron chi connectivity index (χ0n) is 19.3. The summed E-state index contributed by atoms with van der Waals surface area (Å²) in [6, 6.07) is 14.2. The second-order valence-electron chi connectivity index (χ2n) is 8.59. The molecule has 2 aromatic carbocycles. The second-order valence-corrected chi connectivity index (χ2v) is 10.4. The Hall–Kier alpha value is -3.77. The van der Waals surface area contributed by atoms with Gasteiger partial charge in [0.05, 0.1) is 5.56 Å². The second kappa shape index (κ2) is 9.60. The van der Waals surface area contributed by atoms with Crippen LogP contribution in [0.4, 0.5) is 13.2 Å². The van der Waals surface area contributed by atoms with E-state index in [9.17, 15) is 26.4 Å². The van der Waals surface area contributed by atoms with Crippen LogP contribution < -0.4 is 5.32 Å². The van der Waals surface area contributed by atoms with Crippen LogP contribution in [0.1, 0.15) is 24.0 Å². The average molecular weight is 531 g/mol. The third-order valence-electron chi connectivity index (χ3n) is 6.10. The number of para-hydroxylation sites is 1. The minimum atomic E-state index is -4.53. The molecule has 192 valence electrons. The molecule has 1 saturated heterocycles. The molecule has 8 nitrogen and oxygen atoms in total. The molecule has 2 aromatic heterocycles. The molecule has 1 atom stereocenters. The van der Waals surface area contributed by atoms with Gasteiger partial charge >= 0.3 is 6.18 Å². The number of hydrogen-bond acceptors (Lipinski definition) is 6. The molecule has 0 saturated carbocycles. The van der Waals surface area contributed by atoms with E-state index in [4.69, 9.17) is 4.42 Å². The fraction of sp³-hybridized carbons (Fsp3) is 0.240. The van der Waals surface area contributed by atoms with Crippen LogP contribution in [0.25, 0.3) is 22.4 Å². The zero-order chi connectivity index (χ0) is 26.2. The number of benzene rings is 2. The first kappa shape index (κ1) is 24.9. The number of amides is 1. The standard InChI is InChI=1S/C25H21F3N4O4S/c26-25(27,28)19-14-29-23(30-15-19)18-7-3-5-16(11-18)13-31-24(33)20-8-4-10-32(20)37(34,35)22-12-17-6-1-2-9-21(17)36-22/h1-3,5-7,9,11-12,14-15,20H,4,8,10,13H2,(H,31,33). The Morgan fingerprint density at radius 1 is 1.08 bits per heavy atom. The van der Waals surface area contributed by atoms with Crippen LogP contribution in [-0.4, -0.2) is 41.2 Å². The van der Waals surface area contributed by atoms with Crippen LogP contribution in [-0.2, 0) is 27.5 Å². The Kier molecular flexibility index (Phi) is 6.46. The summed E-state index contributed by atoms with van der Waals surface area (Å²) >= 11 is 0. The van der Waals surface area contributed by atoms with E-state index < -0.39 is 33.7 Å². The summed E-state index contributed by atoms with van der Waals surface area (Å²) in [7, 11) is -4.03. The number of carbonyl (C=O) groups excluding carboxylic acids is 1. The van der Waals surface area contributed by atoms with Gasteiger partial charge in [-0.2, -0.15) is 17.5 Å². The van der Waals surface area contributed by atoms with E-state index in [-0.39, 0.29) is 24.0 Å². The van der Waals surface area contributed by atoms with E-state index in [0.717, 1.165) is 4.31 Å². The maximum absolute atomic E-state index is 13.2. The number of alkyl halides is 3. The highest BCUT2D eigenvalue weighted by atomic mass is 32.2. The van der Waals surface area contributed by atoms with Crippen molar-refractivity contribution in [2.45, 2.75) is 36.7 Å². The third-order valence-corrected chi connectivity index (χ3v) is 7.87. The Bertz CT molecular complexity index is 1520. The van der Waals surface area contributed by atoms with Gasteiger partial charge in [0.25, 0.3) is 10.0 Å². The normalized spacial score (nSPS) is 16.8. The number of halogens is 3. The van der Waals surface area contributed by atoms with Gasteiger partial charge in [0.1, 0.15) is 11.6 Å². The third kappa shape index (κ3) is 5.07. The molecule has 1 aliphatic rings. The quantitative estimate of drug-likeness (QED) is 0.397. The minimum Gasteiger partial charge on any atom is -0.443 e. The van der Waals surface area contributed by atoms with Crippen molar-refractivity contribution in [3.8, 4) is 11.4 Å². The zero-order valence-corrected chi connectivity index (χ0v) is 20.1. The van der Waals surface area contributed by atoms with Crippen molar-refractivity contribution in [3.63, 3.8) is 0 Å². The summed E-state index contributed by atoms with van der Waals surface area (Å²) in [4.78, 5) is 20.6. The molecule has 0 aliphatic carbocycles. The van der Waals surface area contributed by atoms with Gasteiger partial charge in [0.15, 0.2) is 5.82 Å². The van der Waals surface area contributed by atoms with Gasteiger partial charge in [0.2, 0.25) is 11.0 Å². The number of nitrogens with one attached hydrogen (secondary N) is 1. The van der Waals surface area contributed by atoms with E-state index in [2.05, 4.69) is 15.3 Å². The summed E-state index contributed by atoms with van der Waals surface area (Å²) in [5.41, 5.74) is 0.631. The lowest BCUT2D eigenvalue weighted by molar-refractivity contribution is -0.138. The average Bonchev–Trinajstić information content (AvgIpc) is 3.55. The molecule has 3 heterocycles. The summed E-state index contributed by atoms with van der Waals surface area (Å²) in [5, 5.41) is 3.20. The van der Waals surface area contributed by atoms with Crippen LogP contribution in [0.15, 0.2) is 76.5 Å². The molecule has 37 heavy (non-hydrogen) atoms.